The van der Waals surface area contributed by atoms with Gasteiger partial charge in [-0.05, 0) is 29.8 Å². The number of amides is 2. The maximum atomic E-state index is 13.0. The number of urea groups is 1. The van der Waals surface area contributed by atoms with Gasteiger partial charge in [-0.1, -0.05) is 18.2 Å². The number of nitrogens with one attached hydrogen (secondary N) is 2. The van der Waals surface area contributed by atoms with Crippen molar-refractivity contribution in [1.29, 1.82) is 0 Å². The first kappa shape index (κ1) is 17.6. The highest BCUT2D eigenvalue weighted by molar-refractivity contribution is 5.90. The van der Waals surface area contributed by atoms with E-state index in [1.165, 1.54) is 7.11 Å². The molecule has 0 bridgehead atoms. The second-order valence-electron chi connectivity index (χ2n) is 4.81. The van der Waals surface area contributed by atoms with Crippen LogP contribution < -0.4 is 15.4 Å². The smallest absolute Gasteiger partial charge is 0.416 e. The van der Waals surface area contributed by atoms with Gasteiger partial charge in [0.25, 0.3) is 0 Å². The molecule has 0 saturated heterocycles. The molecule has 2 amide bonds. The molecule has 0 saturated carbocycles. The third-order valence-corrected chi connectivity index (χ3v) is 3.17. The summed E-state index contributed by atoms with van der Waals surface area (Å²) in [4.78, 5) is 11.8. The molecule has 2 N–H and O–H groups in total. The van der Waals surface area contributed by atoms with Crippen molar-refractivity contribution >= 4 is 11.7 Å². The first-order chi connectivity index (χ1) is 11.3. The number of methoxy groups -OCH3 is 1. The average molecular weight is 342 g/mol. The van der Waals surface area contributed by atoms with E-state index in [2.05, 4.69) is 10.6 Å². The molecule has 0 aromatic heterocycles. The van der Waals surface area contributed by atoms with E-state index in [0.29, 0.717) is 17.5 Å². The Morgan fingerprint density at radius 3 is 2.54 bits per heavy atom. The van der Waals surface area contributed by atoms with Crippen LogP contribution in [0.1, 0.15) is 11.1 Å². The van der Waals surface area contributed by atoms with Crippen molar-refractivity contribution < 1.29 is 27.1 Å². The highest BCUT2D eigenvalue weighted by Gasteiger charge is 2.33. The molecule has 0 aliphatic rings. The lowest BCUT2D eigenvalue weighted by Crippen LogP contribution is -2.29. The Hall–Kier alpha value is -2.77. The summed E-state index contributed by atoms with van der Waals surface area (Å²) < 4.78 is 56.7. The van der Waals surface area contributed by atoms with Gasteiger partial charge in [-0.25, -0.2) is 9.18 Å². The lowest BCUT2D eigenvalue weighted by molar-refractivity contribution is -0.138. The van der Waals surface area contributed by atoms with Gasteiger partial charge in [-0.15, -0.1) is 0 Å². The van der Waals surface area contributed by atoms with Gasteiger partial charge < -0.3 is 15.4 Å². The summed E-state index contributed by atoms with van der Waals surface area (Å²) in [5, 5.41) is 4.77. The molecule has 0 unspecified atom stereocenters. The van der Waals surface area contributed by atoms with Crippen LogP contribution in [0.15, 0.2) is 42.5 Å². The molecule has 0 heterocycles. The molecule has 128 valence electrons. The molecular weight excluding hydrogens is 328 g/mol. The zero-order chi connectivity index (χ0) is 17.7. The highest BCUT2D eigenvalue weighted by Crippen LogP contribution is 2.32. The van der Waals surface area contributed by atoms with Crippen molar-refractivity contribution in [3.8, 4) is 5.75 Å². The van der Waals surface area contributed by atoms with Crippen molar-refractivity contribution in [2.75, 3.05) is 12.4 Å². The number of alkyl halides is 3. The minimum Gasteiger partial charge on any atom is -0.495 e. The number of ether oxygens (including phenoxy) is 1. The third kappa shape index (κ3) is 4.37. The second kappa shape index (κ2) is 7.20. The van der Waals surface area contributed by atoms with E-state index in [4.69, 9.17) is 4.74 Å². The lowest BCUT2D eigenvalue weighted by atomic mass is 10.1. The monoisotopic (exact) mass is 342 g/mol. The Balaban J connectivity index is 2.07. The number of carbonyl (C=O) groups is 1. The molecular formula is C16H14F4N2O2. The zero-order valence-corrected chi connectivity index (χ0v) is 12.6. The summed E-state index contributed by atoms with van der Waals surface area (Å²) >= 11 is 0. The van der Waals surface area contributed by atoms with Crippen molar-refractivity contribution in [2.24, 2.45) is 0 Å². The summed E-state index contributed by atoms with van der Waals surface area (Å²) in [6.07, 6.45) is -4.71. The van der Waals surface area contributed by atoms with Crippen LogP contribution in [0.3, 0.4) is 0 Å². The number of anilines is 1. The lowest BCUT2D eigenvalue weighted by Gasteiger charge is -2.14. The summed E-state index contributed by atoms with van der Waals surface area (Å²) in [6, 6.07) is 8.16. The van der Waals surface area contributed by atoms with Gasteiger partial charge in [0.1, 0.15) is 11.6 Å². The van der Waals surface area contributed by atoms with Crippen LogP contribution in [0, 0.1) is 5.82 Å². The van der Waals surface area contributed by atoms with Crippen LogP contribution in [0.5, 0.6) is 5.75 Å². The molecule has 0 aliphatic heterocycles. The van der Waals surface area contributed by atoms with E-state index in [1.54, 1.807) is 24.3 Å². The van der Waals surface area contributed by atoms with E-state index in [1.807, 2.05) is 0 Å². The Bertz CT molecular complexity index is 732. The van der Waals surface area contributed by atoms with E-state index < -0.39 is 30.1 Å². The zero-order valence-electron chi connectivity index (χ0n) is 12.6. The molecule has 24 heavy (non-hydrogen) atoms. The Kier molecular flexibility index (Phi) is 5.28. The quantitative estimate of drug-likeness (QED) is 0.819. The minimum atomic E-state index is -4.71. The first-order valence-electron chi connectivity index (χ1n) is 6.84. The molecule has 2 aromatic carbocycles. The van der Waals surface area contributed by atoms with Gasteiger partial charge in [0.2, 0.25) is 0 Å². The Labute approximate surface area is 135 Å². The van der Waals surface area contributed by atoms with E-state index in [9.17, 15) is 22.4 Å². The molecule has 2 aromatic rings. The maximum absolute atomic E-state index is 13.0. The highest BCUT2D eigenvalue weighted by atomic mass is 19.4. The van der Waals surface area contributed by atoms with E-state index in [-0.39, 0.29) is 5.56 Å². The molecule has 0 spiro atoms. The normalized spacial score (nSPS) is 11.0. The van der Waals surface area contributed by atoms with Crippen LogP contribution in [-0.2, 0) is 12.7 Å². The molecule has 0 fully saturated rings. The van der Waals surface area contributed by atoms with Gasteiger partial charge in [-0.2, -0.15) is 13.2 Å². The molecule has 8 heteroatoms. The standard InChI is InChI=1S/C16H14F4N2O2/c1-24-14-5-3-2-4-13(14)22-15(23)21-9-10-6-7-11(17)8-12(10)16(18,19)20/h2-8H,9H2,1H3,(H2,21,22,23). The maximum Gasteiger partial charge on any atom is 0.416 e. The van der Waals surface area contributed by atoms with Gasteiger partial charge in [-0.3, -0.25) is 0 Å². The predicted octanol–water partition coefficient (Wildman–Crippen LogP) is 4.17. The fourth-order valence-corrected chi connectivity index (χ4v) is 2.06. The van der Waals surface area contributed by atoms with Crippen LogP contribution in [0.2, 0.25) is 0 Å². The van der Waals surface area contributed by atoms with Crippen LogP contribution >= 0.6 is 0 Å². The predicted molar refractivity (Wildman–Crippen MR) is 80.3 cm³/mol. The number of halogens is 4. The fraction of sp³-hybridized carbons (Fsp3) is 0.188. The topological polar surface area (TPSA) is 50.4 Å². The van der Waals surface area contributed by atoms with Crippen molar-refractivity contribution in [2.45, 2.75) is 12.7 Å². The molecule has 2 rings (SSSR count). The Morgan fingerprint density at radius 1 is 1.17 bits per heavy atom. The molecule has 0 aliphatic carbocycles. The number of hydrogen-bond donors (Lipinski definition) is 2. The van der Waals surface area contributed by atoms with Crippen molar-refractivity contribution in [3.63, 3.8) is 0 Å². The SMILES string of the molecule is COc1ccccc1NC(=O)NCc1ccc(F)cc1C(F)(F)F. The first-order valence-corrected chi connectivity index (χ1v) is 6.84. The third-order valence-electron chi connectivity index (χ3n) is 3.17. The number of rotatable bonds is 4. The summed E-state index contributed by atoms with van der Waals surface area (Å²) in [6.45, 7) is -0.407. The number of hydrogen-bond acceptors (Lipinski definition) is 2. The summed E-state index contributed by atoms with van der Waals surface area (Å²) in [5.41, 5.74) is -0.994. The average Bonchev–Trinajstić information content (AvgIpc) is 2.53. The van der Waals surface area contributed by atoms with Crippen LogP contribution in [0.4, 0.5) is 28.0 Å². The second-order valence-corrected chi connectivity index (χ2v) is 4.81. The molecule has 4 nitrogen and oxygen atoms in total. The number of benzene rings is 2. The number of carbonyl (C=O) groups excluding carboxylic acids is 1. The van der Waals surface area contributed by atoms with Gasteiger partial charge in [0.15, 0.2) is 0 Å². The van der Waals surface area contributed by atoms with E-state index in [0.717, 1.165) is 12.1 Å². The van der Waals surface area contributed by atoms with Crippen molar-refractivity contribution in [3.05, 3.63) is 59.4 Å². The van der Waals surface area contributed by atoms with Crippen molar-refractivity contribution in [1.82, 2.24) is 5.32 Å². The fourth-order valence-electron chi connectivity index (χ4n) is 2.06. The Morgan fingerprint density at radius 2 is 1.88 bits per heavy atom. The summed E-state index contributed by atoms with van der Waals surface area (Å²) in [5.74, 6) is -0.588. The largest absolute Gasteiger partial charge is 0.495 e. The van der Waals surface area contributed by atoms with Gasteiger partial charge in [0, 0.05) is 6.54 Å². The molecule has 0 radical (unpaired) electrons. The van der Waals surface area contributed by atoms with Crippen LogP contribution in [0.25, 0.3) is 0 Å². The summed E-state index contributed by atoms with van der Waals surface area (Å²) in [7, 11) is 1.42. The minimum absolute atomic E-state index is 0.237. The molecule has 0 atom stereocenters. The van der Waals surface area contributed by atoms with Crippen LogP contribution in [-0.4, -0.2) is 13.1 Å². The van der Waals surface area contributed by atoms with Gasteiger partial charge in [0.05, 0.1) is 18.4 Å². The number of para-hydroxylation sites is 2. The van der Waals surface area contributed by atoms with E-state index >= 15 is 0 Å². The van der Waals surface area contributed by atoms with Gasteiger partial charge >= 0.3 is 12.2 Å².